The van der Waals surface area contributed by atoms with Gasteiger partial charge in [0.2, 0.25) is 5.91 Å². The Bertz CT molecular complexity index is 698. The number of carbonyl (C=O) groups excluding carboxylic acids is 3. The van der Waals surface area contributed by atoms with E-state index in [2.05, 4.69) is 10.6 Å². The molecule has 160 valence electrons. The average Bonchev–Trinajstić information content (AvgIpc) is 3.01. The summed E-state index contributed by atoms with van der Waals surface area (Å²) < 4.78 is 5.12. The second-order valence-corrected chi connectivity index (χ2v) is 7.84. The quantitative estimate of drug-likeness (QED) is 0.436. The molecule has 8 nitrogen and oxygen atoms in total. The number of methoxy groups -OCH3 is 1. The Morgan fingerprint density at radius 3 is 2.69 bits per heavy atom. The molecule has 0 saturated carbocycles. The highest BCUT2D eigenvalue weighted by Crippen LogP contribution is 2.15. The van der Waals surface area contributed by atoms with Crippen molar-refractivity contribution >= 4 is 29.6 Å². The largest absolute Gasteiger partial charge is 0.497 e. The molecule has 2 atom stereocenters. The lowest BCUT2D eigenvalue weighted by Gasteiger charge is -2.16. The first-order chi connectivity index (χ1) is 14.0. The Morgan fingerprint density at radius 1 is 1.34 bits per heavy atom. The molecule has 1 saturated heterocycles. The number of amides is 4. The fourth-order valence-corrected chi connectivity index (χ4v) is 3.58. The first-order valence-corrected chi connectivity index (χ1v) is 11.0. The van der Waals surface area contributed by atoms with Gasteiger partial charge in [0.05, 0.1) is 19.8 Å². The summed E-state index contributed by atoms with van der Waals surface area (Å²) in [5, 5.41) is 14.7. The number of benzene rings is 1. The van der Waals surface area contributed by atoms with Crippen molar-refractivity contribution in [3.63, 3.8) is 0 Å². The van der Waals surface area contributed by atoms with Crippen molar-refractivity contribution in [2.75, 3.05) is 32.3 Å². The zero-order valence-electron chi connectivity index (χ0n) is 16.8. The molecule has 0 aliphatic carbocycles. The monoisotopic (exact) mass is 423 g/mol. The second kappa shape index (κ2) is 11.7. The van der Waals surface area contributed by atoms with Crippen molar-refractivity contribution in [3.05, 3.63) is 29.8 Å². The number of hydrogen-bond acceptors (Lipinski definition) is 6. The number of urea groups is 1. The van der Waals surface area contributed by atoms with Gasteiger partial charge in [0.1, 0.15) is 11.8 Å². The Kier molecular flexibility index (Phi) is 9.27. The summed E-state index contributed by atoms with van der Waals surface area (Å²) >= 11 is 1.65. The predicted molar refractivity (Wildman–Crippen MR) is 112 cm³/mol. The summed E-state index contributed by atoms with van der Waals surface area (Å²) in [5.41, 5.74) is 0.995. The number of hydrogen-bond donors (Lipinski definition) is 3. The van der Waals surface area contributed by atoms with E-state index in [0.717, 1.165) is 17.1 Å². The van der Waals surface area contributed by atoms with E-state index in [1.54, 1.807) is 18.9 Å². The summed E-state index contributed by atoms with van der Waals surface area (Å²) in [7, 11) is 1.59. The summed E-state index contributed by atoms with van der Waals surface area (Å²) in [5.74, 6) is 1.05. The lowest BCUT2D eigenvalue weighted by atomic mass is 10.1. The van der Waals surface area contributed by atoms with Crippen LogP contribution >= 0.6 is 11.8 Å². The van der Waals surface area contributed by atoms with E-state index in [1.807, 2.05) is 30.5 Å². The van der Waals surface area contributed by atoms with Crippen LogP contribution in [0.1, 0.15) is 24.8 Å². The number of thioether (sulfide) groups is 1. The number of nitrogens with one attached hydrogen (secondary N) is 2. The minimum absolute atomic E-state index is 0.110. The number of aliphatic hydroxyl groups excluding tert-OH is 1. The van der Waals surface area contributed by atoms with E-state index in [-0.39, 0.29) is 43.8 Å². The van der Waals surface area contributed by atoms with Crippen LogP contribution in [0, 0.1) is 0 Å². The molecule has 1 aromatic rings. The van der Waals surface area contributed by atoms with Gasteiger partial charge in [-0.25, -0.2) is 4.79 Å². The maximum atomic E-state index is 12.5. The molecule has 2 rings (SSSR count). The average molecular weight is 424 g/mol. The van der Waals surface area contributed by atoms with Crippen molar-refractivity contribution in [3.8, 4) is 5.75 Å². The van der Waals surface area contributed by atoms with Gasteiger partial charge in [0.15, 0.2) is 0 Å². The number of aliphatic hydroxyl groups is 1. The highest BCUT2D eigenvalue weighted by molar-refractivity contribution is 7.98. The molecule has 1 aromatic carbocycles. The van der Waals surface area contributed by atoms with Crippen molar-refractivity contribution in [1.29, 1.82) is 0 Å². The van der Waals surface area contributed by atoms with E-state index in [0.29, 0.717) is 12.8 Å². The van der Waals surface area contributed by atoms with Crippen molar-refractivity contribution < 1.29 is 24.2 Å². The first kappa shape index (κ1) is 23.0. The Balaban J connectivity index is 1.79. The number of carbonyl (C=O) groups is 3. The molecule has 0 bridgehead atoms. The van der Waals surface area contributed by atoms with Crippen LogP contribution < -0.4 is 15.4 Å². The molecule has 1 heterocycles. The van der Waals surface area contributed by atoms with Crippen LogP contribution in [0.2, 0.25) is 0 Å². The highest BCUT2D eigenvalue weighted by Gasteiger charge is 2.37. The Labute approximate surface area is 175 Å². The van der Waals surface area contributed by atoms with E-state index in [9.17, 15) is 19.5 Å². The topological polar surface area (TPSA) is 108 Å². The molecule has 0 radical (unpaired) electrons. The fraction of sp³-hybridized carbons (Fsp3) is 0.550. The smallest absolute Gasteiger partial charge is 0.324 e. The van der Waals surface area contributed by atoms with Crippen LogP contribution in [-0.2, 0) is 16.0 Å². The third kappa shape index (κ3) is 6.93. The summed E-state index contributed by atoms with van der Waals surface area (Å²) in [6.07, 6.45) is 3.53. The third-order valence-corrected chi connectivity index (χ3v) is 5.45. The van der Waals surface area contributed by atoms with Gasteiger partial charge >= 0.3 is 6.03 Å². The van der Waals surface area contributed by atoms with Crippen LogP contribution in [0.4, 0.5) is 4.79 Å². The van der Waals surface area contributed by atoms with Gasteiger partial charge in [0.25, 0.3) is 5.91 Å². The maximum Gasteiger partial charge on any atom is 0.324 e. The minimum Gasteiger partial charge on any atom is -0.497 e. The van der Waals surface area contributed by atoms with Gasteiger partial charge in [-0.3, -0.25) is 14.5 Å². The van der Waals surface area contributed by atoms with Crippen LogP contribution in [0.5, 0.6) is 5.75 Å². The lowest BCUT2D eigenvalue weighted by Crippen LogP contribution is -2.39. The van der Waals surface area contributed by atoms with Crippen LogP contribution in [0.3, 0.4) is 0 Å². The van der Waals surface area contributed by atoms with Gasteiger partial charge in [-0.15, -0.1) is 0 Å². The predicted octanol–water partition coefficient (Wildman–Crippen LogP) is 1.17. The van der Waals surface area contributed by atoms with E-state index in [1.165, 1.54) is 4.90 Å². The maximum absolute atomic E-state index is 12.5. The van der Waals surface area contributed by atoms with Gasteiger partial charge in [0, 0.05) is 13.0 Å². The van der Waals surface area contributed by atoms with E-state index >= 15 is 0 Å². The highest BCUT2D eigenvalue weighted by atomic mass is 32.2. The standard InChI is InChI=1S/C20H29N3O5S/c1-28-16-5-3-14(4-6-16)9-11-23-19(26)17(22-20(23)27)7-8-18(25)21-15(13-24)10-12-29-2/h3-6,15,17,24H,7-13H2,1-2H3,(H,21,25)(H,22,27). The van der Waals surface area contributed by atoms with Gasteiger partial charge in [-0.1, -0.05) is 12.1 Å². The zero-order valence-corrected chi connectivity index (χ0v) is 17.7. The van der Waals surface area contributed by atoms with Crippen LogP contribution in [0.15, 0.2) is 24.3 Å². The van der Waals surface area contributed by atoms with Gasteiger partial charge in [-0.2, -0.15) is 11.8 Å². The number of nitrogens with zero attached hydrogens (tertiary/aromatic N) is 1. The SMILES string of the molecule is COc1ccc(CCN2C(=O)NC(CCC(=O)NC(CO)CCSC)C2=O)cc1. The van der Waals surface area contributed by atoms with Crippen LogP contribution in [-0.4, -0.2) is 72.2 Å². The fourth-order valence-electron chi connectivity index (χ4n) is 3.06. The molecular weight excluding hydrogens is 394 g/mol. The molecule has 4 amide bonds. The molecular formula is C20H29N3O5S. The number of ether oxygens (including phenoxy) is 1. The number of rotatable bonds is 12. The molecule has 2 unspecified atom stereocenters. The van der Waals surface area contributed by atoms with Crippen molar-refractivity contribution in [2.24, 2.45) is 0 Å². The molecule has 0 spiro atoms. The molecule has 1 aliphatic heterocycles. The molecule has 0 aromatic heterocycles. The summed E-state index contributed by atoms with van der Waals surface area (Å²) in [6.45, 7) is 0.158. The van der Waals surface area contributed by atoms with E-state index in [4.69, 9.17) is 4.74 Å². The lowest BCUT2D eigenvalue weighted by molar-refractivity contribution is -0.127. The third-order valence-electron chi connectivity index (χ3n) is 4.81. The molecule has 1 fully saturated rings. The van der Waals surface area contributed by atoms with Gasteiger partial charge in [-0.05, 0) is 49.0 Å². The molecule has 1 aliphatic rings. The summed E-state index contributed by atoms with van der Waals surface area (Å²) in [4.78, 5) is 37.9. The van der Waals surface area contributed by atoms with Crippen molar-refractivity contribution in [1.82, 2.24) is 15.5 Å². The number of imide groups is 1. The molecule has 3 N–H and O–H groups in total. The minimum atomic E-state index is -0.692. The van der Waals surface area contributed by atoms with Gasteiger partial charge < -0.3 is 20.5 Å². The Morgan fingerprint density at radius 2 is 2.07 bits per heavy atom. The van der Waals surface area contributed by atoms with Crippen molar-refractivity contribution in [2.45, 2.75) is 37.8 Å². The molecule has 9 heteroatoms. The first-order valence-electron chi connectivity index (χ1n) is 9.62. The normalized spacial score (nSPS) is 17.2. The van der Waals surface area contributed by atoms with Crippen LogP contribution in [0.25, 0.3) is 0 Å². The second-order valence-electron chi connectivity index (χ2n) is 6.86. The molecule has 29 heavy (non-hydrogen) atoms. The van der Waals surface area contributed by atoms with E-state index < -0.39 is 12.1 Å². The Hall–Kier alpha value is -2.26. The zero-order chi connectivity index (χ0) is 21.2. The summed E-state index contributed by atoms with van der Waals surface area (Å²) in [6, 6.07) is 6.06.